The van der Waals surface area contributed by atoms with Gasteiger partial charge in [0.25, 0.3) is 0 Å². The number of para-hydroxylation sites is 1. The Morgan fingerprint density at radius 3 is 2.47 bits per heavy atom. The molecule has 30 heavy (non-hydrogen) atoms. The predicted molar refractivity (Wildman–Crippen MR) is 125 cm³/mol. The number of thiol groups is 1. The number of benzene rings is 2. The number of anilines is 1. The number of ether oxygens (including phenoxy) is 2. The number of nitrogens with zero attached hydrogens (tertiary/aromatic N) is 1. The van der Waals surface area contributed by atoms with Gasteiger partial charge in [0.1, 0.15) is 11.5 Å². The van der Waals surface area contributed by atoms with Gasteiger partial charge in [-0.05, 0) is 61.8 Å². The van der Waals surface area contributed by atoms with Crippen molar-refractivity contribution in [2.24, 2.45) is 5.73 Å². The van der Waals surface area contributed by atoms with Gasteiger partial charge >= 0.3 is 6.03 Å². The SMILES string of the molecule is NC(=O)N(S)c1cccc(OCCCCCOc2ccccc2C2CCCCC2)c1. The fourth-order valence-electron chi connectivity index (χ4n) is 3.95. The number of rotatable bonds is 10. The molecule has 0 aliphatic heterocycles. The van der Waals surface area contributed by atoms with Crippen LogP contribution in [0.1, 0.15) is 62.8 Å². The van der Waals surface area contributed by atoms with Crippen LogP contribution in [0.4, 0.5) is 10.5 Å². The highest BCUT2D eigenvalue weighted by Gasteiger charge is 2.18. The van der Waals surface area contributed by atoms with Gasteiger partial charge in [0.15, 0.2) is 0 Å². The molecule has 3 rings (SSSR count). The van der Waals surface area contributed by atoms with E-state index in [0.717, 1.165) is 35.9 Å². The zero-order valence-electron chi connectivity index (χ0n) is 17.5. The summed E-state index contributed by atoms with van der Waals surface area (Å²) in [4.78, 5) is 11.2. The lowest BCUT2D eigenvalue weighted by Gasteiger charge is -2.24. The van der Waals surface area contributed by atoms with Gasteiger partial charge in [0, 0.05) is 6.07 Å². The van der Waals surface area contributed by atoms with Crippen LogP contribution in [-0.2, 0) is 0 Å². The van der Waals surface area contributed by atoms with E-state index in [1.165, 1.54) is 37.7 Å². The smallest absolute Gasteiger partial charge is 0.329 e. The Morgan fingerprint density at radius 2 is 1.70 bits per heavy atom. The number of carbonyl (C=O) groups excluding carboxylic acids is 1. The van der Waals surface area contributed by atoms with Crippen LogP contribution in [0.2, 0.25) is 0 Å². The minimum Gasteiger partial charge on any atom is -0.494 e. The highest BCUT2D eigenvalue weighted by Crippen LogP contribution is 2.37. The number of hydrogen-bond donors (Lipinski definition) is 2. The number of primary amides is 1. The van der Waals surface area contributed by atoms with E-state index in [9.17, 15) is 4.79 Å². The first kappa shape index (κ1) is 22.3. The summed E-state index contributed by atoms with van der Waals surface area (Å²) in [5.41, 5.74) is 7.21. The lowest BCUT2D eigenvalue weighted by Crippen LogP contribution is -2.27. The summed E-state index contributed by atoms with van der Waals surface area (Å²) in [5.74, 6) is 2.41. The Labute approximate surface area is 185 Å². The molecule has 2 aromatic rings. The lowest BCUT2D eigenvalue weighted by molar-refractivity contribution is 0.257. The largest absolute Gasteiger partial charge is 0.494 e. The Balaban J connectivity index is 1.36. The van der Waals surface area contributed by atoms with Crippen molar-refractivity contribution < 1.29 is 14.3 Å². The van der Waals surface area contributed by atoms with Gasteiger partial charge in [-0.3, -0.25) is 0 Å². The monoisotopic (exact) mass is 428 g/mol. The third kappa shape index (κ3) is 6.59. The summed E-state index contributed by atoms with van der Waals surface area (Å²) >= 11 is 4.07. The van der Waals surface area contributed by atoms with Crippen LogP contribution in [-0.4, -0.2) is 19.2 Å². The topological polar surface area (TPSA) is 64.8 Å². The Bertz CT molecular complexity index is 809. The first-order chi connectivity index (χ1) is 14.6. The quantitative estimate of drug-likeness (QED) is 0.355. The van der Waals surface area contributed by atoms with E-state index in [2.05, 4.69) is 37.1 Å². The van der Waals surface area contributed by atoms with Crippen molar-refractivity contribution in [2.75, 3.05) is 17.5 Å². The molecule has 0 bridgehead atoms. The molecule has 1 aliphatic rings. The summed E-state index contributed by atoms with van der Waals surface area (Å²) in [6.07, 6.45) is 9.56. The predicted octanol–water partition coefficient (Wildman–Crippen LogP) is 6.09. The summed E-state index contributed by atoms with van der Waals surface area (Å²) in [5, 5.41) is 0. The molecule has 0 aromatic heterocycles. The second kappa shape index (κ2) is 11.7. The molecule has 2 N–H and O–H groups in total. The summed E-state index contributed by atoms with van der Waals surface area (Å²) in [7, 11) is 0. The minimum atomic E-state index is -0.624. The zero-order chi connectivity index (χ0) is 21.2. The summed E-state index contributed by atoms with van der Waals surface area (Å²) in [6, 6.07) is 15.1. The molecule has 5 nitrogen and oxygen atoms in total. The molecular formula is C24H32N2O3S. The molecule has 0 atom stereocenters. The molecule has 1 saturated carbocycles. The fraction of sp³-hybridized carbons (Fsp3) is 0.458. The second-order valence-corrected chi connectivity index (χ2v) is 8.18. The van der Waals surface area contributed by atoms with Gasteiger partial charge in [-0.25, -0.2) is 9.10 Å². The third-order valence-corrected chi connectivity index (χ3v) is 5.98. The third-order valence-electron chi connectivity index (χ3n) is 5.55. The van der Waals surface area contributed by atoms with Crippen molar-refractivity contribution in [3.63, 3.8) is 0 Å². The Morgan fingerprint density at radius 1 is 0.967 bits per heavy atom. The normalized spacial score (nSPS) is 14.3. The van der Waals surface area contributed by atoms with Crippen molar-refractivity contribution >= 4 is 24.5 Å². The molecule has 0 radical (unpaired) electrons. The zero-order valence-corrected chi connectivity index (χ0v) is 18.4. The molecule has 2 amide bonds. The number of unbranched alkanes of at least 4 members (excludes halogenated alkanes) is 2. The molecule has 0 spiro atoms. The van der Waals surface area contributed by atoms with E-state index in [1.54, 1.807) is 12.1 Å². The van der Waals surface area contributed by atoms with Crippen LogP contribution >= 0.6 is 12.8 Å². The molecule has 0 unspecified atom stereocenters. The van der Waals surface area contributed by atoms with Crippen LogP contribution in [0.5, 0.6) is 11.5 Å². The number of nitrogens with two attached hydrogens (primary N) is 1. The van der Waals surface area contributed by atoms with E-state index in [4.69, 9.17) is 15.2 Å². The van der Waals surface area contributed by atoms with Crippen molar-refractivity contribution in [1.82, 2.24) is 0 Å². The number of urea groups is 1. The maximum Gasteiger partial charge on any atom is 0.329 e. The highest BCUT2D eigenvalue weighted by atomic mass is 32.1. The molecule has 1 aliphatic carbocycles. The van der Waals surface area contributed by atoms with Gasteiger partial charge in [0.05, 0.1) is 18.9 Å². The second-order valence-electron chi connectivity index (χ2n) is 7.78. The maximum absolute atomic E-state index is 11.2. The fourth-order valence-corrected chi connectivity index (χ4v) is 4.07. The van der Waals surface area contributed by atoms with Crippen LogP contribution in [0, 0.1) is 0 Å². The van der Waals surface area contributed by atoms with Gasteiger partial charge in [-0.2, -0.15) is 0 Å². The summed E-state index contributed by atoms with van der Waals surface area (Å²) < 4.78 is 13.0. The minimum absolute atomic E-state index is 0.591. The molecule has 0 saturated heterocycles. The van der Waals surface area contributed by atoms with Crippen molar-refractivity contribution in [1.29, 1.82) is 0 Å². The molecule has 162 valence electrons. The van der Waals surface area contributed by atoms with E-state index in [-0.39, 0.29) is 0 Å². The van der Waals surface area contributed by atoms with E-state index < -0.39 is 6.03 Å². The van der Waals surface area contributed by atoms with E-state index in [0.29, 0.717) is 24.0 Å². The van der Waals surface area contributed by atoms with E-state index in [1.807, 2.05) is 12.1 Å². The molecule has 1 fully saturated rings. The average molecular weight is 429 g/mol. The van der Waals surface area contributed by atoms with Gasteiger partial charge < -0.3 is 15.2 Å². The molecular weight excluding hydrogens is 396 g/mol. The highest BCUT2D eigenvalue weighted by molar-refractivity contribution is 7.82. The Hall–Kier alpha value is -2.34. The van der Waals surface area contributed by atoms with Crippen LogP contribution < -0.4 is 19.5 Å². The molecule has 2 aromatic carbocycles. The standard InChI is InChI=1S/C24H32N2O3S/c25-24(27)26(30)20-12-9-13-21(18-20)28-16-7-2-8-17-29-23-15-6-5-14-22(23)19-10-3-1-4-11-19/h5-6,9,12-15,18-19,30H,1-4,7-8,10-11,16-17H2,(H2,25,27). The van der Waals surface area contributed by atoms with Gasteiger partial charge in [0.2, 0.25) is 0 Å². The van der Waals surface area contributed by atoms with Crippen molar-refractivity contribution in [3.05, 3.63) is 54.1 Å². The first-order valence-electron chi connectivity index (χ1n) is 10.9. The van der Waals surface area contributed by atoms with Gasteiger partial charge in [-0.15, -0.1) is 0 Å². The van der Waals surface area contributed by atoms with Crippen LogP contribution in [0.15, 0.2) is 48.5 Å². The number of hydrogen-bond acceptors (Lipinski definition) is 4. The maximum atomic E-state index is 11.2. The van der Waals surface area contributed by atoms with Crippen LogP contribution in [0.3, 0.4) is 0 Å². The number of carbonyl (C=O) groups is 1. The molecule has 0 heterocycles. The van der Waals surface area contributed by atoms with Crippen molar-refractivity contribution in [2.45, 2.75) is 57.3 Å². The van der Waals surface area contributed by atoms with Crippen molar-refractivity contribution in [3.8, 4) is 11.5 Å². The summed E-state index contributed by atoms with van der Waals surface area (Å²) in [6.45, 7) is 1.34. The number of amides is 2. The lowest BCUT2D eigenvalue weighted by atomic mass is 9.84. The van der Waals surface area contributed by atoms with E-state index >= 15 is 0 Å². The first-order valence-corrected chi connectivity index (χ1v) is 11.3. The van der Waals surface area contributed by atoms with Crippen LogP contribution in [0.25, 0.3) is 0 Å². The van der Waals surface area contributed by atoms with Gasteiger partial charge in [-0.1, -0.05) is 56.3 Å². The average Bonchev–Trinajstić information content (AvgIpc) is 2.79. The molecule has 6 heteroatoms. The Kier molecular flexibility index (Phi) is 8.75.